The quantitative estimate of drug-likeness (QED) is 0.934. The number of amides is 1. The molecule has 1 amide bonds. The molecule has 0 radical (unpaired) electrons. The summed E-state index contributed by atoms with van der Waals surface area (Å²) in [4.78, 5) is 12.5. The zero-order valence-corrected chi connectivity index (χ0v) is 13.5. The van der Waals surface area contributed by atoms with E-state index >= 15 is 0 Å². The van der Waals surface area contributed by atoms with Crippen molar-refractivity contribution in [2.24, 2.45) is 0 Å². The second kappa shape index (κ2) is 6.28. The van der Waals surface area contributed by atoms with Gasteiger partial charge in [0, 0.05) is 25.6 Å². The first-order chi connectivity index (χ1) is 11.8. The molecular weight excluding hydrogens is 306 g/mol. The van der Waals surface area contributed by atoms with Crippen LogP contribution in [0.4, 0.5) is 0 Å². The summed E-state index contributed by atoms with van der Waals surface area (Å²) in [7, 11) is 0. The first-order valence-corrected chi connectivity index (χ1v) is 8.45. The molecule has 2 aliphatic heterocycles. The Balaban J connectivity index is 1.48. The van der Waals surface area contributed by atoms with Crippen LogP contribution in [0.25, 0.3) is 0 Å². The van der Waals surface area contributed by atoms with Gasteiger partial charge in [-0.2, -0.15) is 5.10 Å². The van der Waals surface area contributed by atoms with Crippen molar-refractivity contribution in [3.05, 3.63) is 47.7 Å². The Labute approximate surface area is 140 Å². The summed E-state index contributed by atoms with van der Waals surface area (Å²) in [5.41, 5.74) is 1.07. The van der Waals surface area contributed by atoms with Crippen LogP contribution in [0, 0.1) is 0 Å². The van der Waals surface area contributed by atoms with E-state index in [-0.39, 0.29) is 5.91 Å². The molecule has 1 aromatic carbocycles. The van der Waals surface area contributed by atoms with Gasteiger partial charge in [0.1, 0.15) is 5.60 Å². The van der Waals surface area contributed by atoms with Crippen molar-refractivity contribution in [2.75, 3.05) is 19.8 Å². The van der Waals surface area contributed by atoms with Crippen LogP contribution in [0.15, 0.2) is 36.4 Å². The van der Waals surface area contributed by atoms with Crippen molar-refractivity contribution in [1.82, 2.24) is 15.1 Å². The zero-order chi connectivity index (χ0) is 16.4. The van der Waals surface area contributed by atoms with Crippen LogP contribution in [0.3, 0.4) is 0 Å². The number of benzene rings is 1. The molecule has 3 heterocycles. The second-order valence-electron chi connectivity index (χ2n) is 6.29. The van der Waals surface area contributed by atoms with E-state index in [0.29, 0.717) is 24.7 Å². The first kappa shape index (κ1) is 15.2. The summed E-state index contributed by atoms with van der Waals surface area (Å²) in [5, 5.41) is 7.32. The molecule has 1 aromatic heterocycles. The van der Waals surface area contributed by atoms with E-state index in [0.717, 1.165) is 38.0 Å². The zero-order valence-electron chi connectivity index (χ0n) is 13.5. The molecule has 126 valence electrons. The molecule has 1 atom stereocenters. The third-order valence-electron chi connectivity index (χ3n) is 4.68. The average molecular weight is 327 g/mol. The van der Waals surface area contributed by atoms with Gasteiger partial charge in [-0.15, -0.1) is 0 Å². The lowest BCUT2D eigenvalue weighted by Gasteiger charge is -2.29. The molecule has 6 nitrogen and oxygen atoms in total. The fourth-order valence-corrected chi connectivity index (χ4v) is 3.40. The molecule has 1 fully saturated rings. The molecule has 1 N–H and O–H groups in total. The minimum absolute atomic E-state index is 0.189. The Morgan fingerprint density at radius 3 is 2.88 bits per heavy atom. The molecule has 24 heavy (non-hydrogen) atoms. The lowest BCUT2D eigenvalue weighted by atomic mass is 9.90. The standard InChI is InChI=1S/C18H21N3O3/c22-17(15-12-16-21(20-15)9-5-10-23-16)19-13-18(8-4-11-24-18)14-6-2-1-3-7-14/h1-3,6-7,12H,4-5,8-11,13H2,(H,19,22). The number of aryl methyl sites for hydroxylation is 1. The van der Waals surface area contributed by atoms with Gasteiger partial charge in [0.25, 0.3) is 5.91 Å². The van der Waals surface area contributed by atoms with Crippen molar-refractivity contribution in [3.8, 4) is 5.88 Å². The van der Waals surface area contributed by atoms with Gasteiger partial charge in [-0.05, 0) is 18.4 Å². The third kappa shape index (κ3) is 2.78. The topological polar surface area (TPSA) is 65.4 Å². The van der Waals surface area contributed by atoms with Crippen molar-refractivity contribution in [3.63, 3.8) is 0 Å². The van der Waals surface area contributed by atoms with Crippen LogP contribution >= 0.6 is 0 Å². The minimum Gasteiger partial charge on any atom is -0.478 e. The smallest absolute Gasteiger partial charge is 0.272 e. The average Bonchev–Trinajstić information content (AvgIpc) is 3.28. The Bertz CT molecular complexity index is 697. The Morgan fingerprint density at radius 1 is 1.25 bits per heavy atom. The Hall–Kier alpha value is -2.34. The molecular formula is C18H21N3O3. The fourth-order valence-electron chi connectivity index (χ4n) is 3.40. The summed E-state index contributed by atoms with van der Waals surface area (Å²) < 4.78 is 13.3. The number of ether oxygens (including phenoxy) is 2. The molecule has 6 heteroatoms. The van der Waals surface area contributed by atoms with Gasteiger partial charge in [-0.3, -0.25) is 4.79 Å². The highest BCUT2D eigenvalue weighted by Gasteiger charge is 2.37. The van der Waals surface area contributed by atoms with Gasteiger partial charge in [0.05, 0.1) is 13.2 Å². The number of hydrogen-bond donors (Lipinski definition) is 1. The van der Waals surface area contributed by atoms with Crippen LogP contribution in [-0.4, -0.2) is 35.4 Å². The molecule has 4 rings (SSSR count). The van der Waals surface area contributed by atoms with Crippen LogP contribution in [0.5, 0.6) is 5.88 Å². The minimum atomic E-state index is -0.438. The van der Waals surface area contributed by atoms with Gasteiger partial charge < -0.3 is 14.8 Å². The number of aromatic nitrogens is 2. The lowest BCUT2D eigenvalue weighted by molar-refractivity contribution is 0.00131. The maximum atomic E-state index is 12.5. The van der Waals surface area contributed by atoms with Crippen molar-refractivity contribution >= 4 is 5.91 Å². The number of carbonyl (C=O) groups excluding carboxylic acids is 1. The summed E-state index contributed by atoms with van der Waals surface area (Å²) >= 11 is 0. The Kier molecular flexibility index (Phi) is 3.98. The van der Waals surface area contributed by atoms with Gasteiger partial charge in [-0.25, -0.2) is 4.68 Å². The SMILES string of the molecule is O=C(NCC1(c2ccccc2)CCCO1)c1cc2n(n1)CCCO2. The van der Waals surface area contributed by atoms with Crippen LogP contribution in [0.2, 0.25) is 0 Å². The highest BCUT2D eigenvalue weighted by atomic mass is 16.5. The van der Waals surface area contributed by atoms with E-state index in [1.54, 1.807) is 10.7 Å². The van der Waals surface area contributed by atoms with Crippen molar-refractivity contribution < 1.29 is 14.3 Å². The van der Waals surface area contributed by atoms with E-state index in [1.165, 1.54) is 0 Å². The summed E-state index contributed by atoms with van der Waals surface area (Å²) in [6.45, 7) is 2.63. The predicted molar refractivity (Wildman–Crippen MR) is 88.0 cm³/mol. The van der Waals surface area contributed by atoms with Crippen LogP contribution < -0.4 is 10.1 Å². The predicted octanol–water partition coefficient (Wildman–Crippen LogP) is 2.10. The molecule has 0 bridgehead atoms. The molecule has 1 unspecified atom stereocenters. The van der Waals surface area contributed by atoms with Crippen molar-refractivity contribution in [1.29, 1.82) is 0 Å². The highest BCUT2D eigenvalue weighted by Crippen LogP contribution is 2.35. The van der Waals surface area contributed by atoms with E-state index in [2.05, 4.69) is 22.5 Å². The molecule has 1 saturated heterocycles. The maximum absolute atomic E-state index is 12.5. The van der Waals surface area contributed by atoms with Gasteiger partial charge in [0.15, 0.2) is 5.69 Å². The van der Waals surface area contributed by atoms with Crippen LogP contribution in [-0.2, 0) is 16.9 Å². The molecule has 2 aromatic rings. The van der Waals surface area contributed by atoms with E-state index in [1.807, 2.05) is 18.2 Å². The third-order valence-corrected chi connectivity index (χ3v) is 4.68. The summed E-state index contributed by atoms with van der Waals surface area (Å²) in [5.74, 6) is 0.479. The fraction of sp³-hybridized carbons (Fsp3) is 0.444. The molecule has 2 aliphatic rings. The molecule has 0 spiro atoms. The number of rotatable bonds is 4. The van der Waals surface area contributed by atoms with Crippen LogP contribution in [0.1, 0.15) is 35.3 Å². The maximum Gasteiger partial charge on any atom is 0.272 e. The number of hydrogen-bond acceptors (Lipinski definition) is 4. The number of carbonyl (C=O) groups is 1. The van der Waals surface area contributed by atoms with E-state index in [4.69, 9.17) is 9.47 Å². The summed E-state index contributed by atoms with van der Waals surface area (Å²) in [6, 6.07) is 11.8. The van der Waals surface area contributed by atoms with Crippen molar-refractivity contribution in [2.45, 2.75) is 31.4 Å². The molecule has 0 aliphatic carbocycles. The first-order valence-electron chi connectivity index (χ1n) is 8.45. The van der Waals surface area contributed by atoms with Gasteiger partial charge >= 0.3 is 0 Å². The Morgan fingerprint density at radius 2 is 2.12 bits per heavy atom. The lowest BCUT2D eigenvalue weighted by Crippen LogP contribution is -2.40. The van der Waals surface area contributed by atoms with Gasteiger partial charge in [0.2, 0.25) is 5.88 Å². The highest BCUT2D eigenvalue weighted by molar-refractivity contribution is 5.92. The monoisotopic (exact) mass is 327 g/mol. The normalized spacial score (nSPS) is 22.7. The second-order valence-corrected chi connectivity index (χ2v) is 6.29. The van der Waals surface area contributed by atoms with E-state index in [9.17, 15) is 4.79 Å². The number of nitrogens with zero attached hydrogens (tertiary/aromatic N) is 2. The summed E-state index contributed by atoms with van der Waals surface area (Å²) in [6.07, 6.45) is 2.82. The largest absolute Gasteiger partial charge is 0.478 e. The molecule has 0 saturated carbocycles. The van der Waals surface area contributed by atoms with Gasteiger partial charge in [-0.1, -0.05) is 30.3 Å². The number of fused-ring (bicyclic) bond motifs is 1. The van der Waals surface area contributed by atoms with E-state index < -0.39 is 5.60 Å². The number of nitrogens with one attached hydrogen (secondary N) is 1.